The molecule has 2 atom stereocenters. The lowest BCUT2D eigenvalue weighted by Crippen LogP contribution is -2.22. The van der Waals surface area contributed by atoms with Crippen molar-refractivity contribution < 1.29 is 19.4 Å². The number of ketones is 1. The number of rotatable bonds is 11. The van der Waals surface area contributed by atoms with Crippen LogP contribution in [-0.4, -0.2) is 23.5 Å². The minimum atomic E-state index is -0.794. The van der Waals surface area contributed by atoms with Crippen molar-refractivity contribution in [3.63, 3.8) is 0 Å². The van der Waals surface area contributed by atoms with Gasteiger partial charge < -0.3 is 9.84 Å². The minimum Gasteiger partial charge on any atom is -0.462 e. The fourth-order valence-corrected chi connectivity index (χ4v) is 3.10. The Morgan fingerprint density at radius 2 is 1.59 bits per heavy atom. The molecule has 4 nitrogen and oxygen atoms in total. The van der Waals surface area contributed by atoms with E-state index >= 15 is 0 Å². The van der Waals surface area contributed by atoms with Crippen molar-refractivity contribution in [3.8, 4) is 0 Å². The van der Waals surface area contributed by atoms with E-state index in [0.29, 0.717) is 37.9 Å². The van der Waals surface area contributed by atoms with E-state index in [-0.39, 0.29) is 11.8 Å². The monoisotopic (exact) mass is 368 g/mol. The van der Waals surface area contributed by atoms with Gasteiger partial charge in [0.05, 0.1) is 18.3 Å². The summed E-state index contributed by atoms with van der Waals surface area (Å²) in [5, 5.41) is 10.7. The number of benzene rings is 2. The van der Waals surface area contributed by atoms with Crippen molar-refractivity contribution in [1.82, 2.24) is 0 Å². The molecule has 0 saturated carbocycles. The quantitative estimate of drug-likeness (QED) is 0.460. The van der Waals surface area contributed by atoms with Crippen LogP contribution in [0.3, 0.4) is 0 Å². The van der Waals surface area contributed by atoms with E-state index in [2.05, 4.69) is 0 Å². The summed E-state index contributed by atoms with van der Waals surface area (Å²) in [5.41, 5.74) is 1.30. The van der Waals surface area contributed by atoms with Crippen LogP contribution in [0.5, 0.6) is 0 Å². The normalized spacial score (nSPS) is 13.0. The number of aliphatic hydroxyl groups is 1. The summed E-state index contributed by atoms with van der Waals surface area (Å²) in [4.78, 5) is 24.4. The number of ether oxygens (including phenoxy) is 1. The van der Waals surface area contributed by atoms with Gasteiger partial charge in [-0.15, -0.1) is 0 Å². The Morgan fingerprint density at radius 3 is 2.22 bits per heavy atom. The summed E-state index contributed by atoms with van der Waals surface area (Å²) in [6.45, 7) is 2.27. The molecule has 27 heavy (non-hydrogen) atoms. The molecule has 1 N–H and O–H groups in total. The van der Waals surface area contributed by atoms with Crippen molar-refractivity contribution >= 4 is 11.8 Å². The fourth-order valence-electron chi connectivity index (χ4n) is 3.10. The summed E-state index contributed by atoms with van der Waals surface area (Å²) >= 11 is 0. The predicted molar refractivity (Wildman–Crippen MR) is 105 cm³/mol. The molecular weight excluding hydrogens is 340 g/mol. The Labute approximate surface area is 161 Å². The molecule has 0 amide bonds. The van der Waals surface area contributed by atoms with Gasteiger partial charge in [-0.3, -0.25) is 4.79 Å². The average Bonchev–Trinajstić information content (AvgIpc) is 2.71. The van der Waals surface area contributed by atoms with E-state index in [0.717, 1.165) is 12.0 Å². The summed E-state index contributed by atoms with van der Waals surface area (Å²) in [5.74, 6) is -0.661. The molecule has 0 saturated heterocycles. The molecule has 2 rings (SSSR count). The Morgan fingerprint density at radius 1 is 0.963 bits per heavy atom. The minimum absolute atomic E-state index is 0.0927. The fraction of sp³-hybridized carbons (Fsp3) is 0.391. The number of hydrogen-bond acceptors (Lipinski definition) is 4. The molecule has 0 aliphatic rings. The molecule has 2 unspecified atom stereocenters. The molecule has 0 radical (unpaired) electrons. The number of unbranched alkanes of at least 4 members (excludes halogenated alkanes) is 1. The average molecular weight is 368 g/mol. The van der Waals surface area contributed by atoms with Gasteiger partial charge in [0.25, 0.3) is 0 Å². The van der Waals surface area contributed by atoms with E-state index in [9.17, 15) is 14.7 Å². The van der Waals surface area contributed by atoms with Gasteiger partial charge in [-0.05, 0) is 43.4 Å². The zero-order valence-corrected chi connectivity index (χ0v) is 15.8. The molecule has 0 aliphatic carbocycles. The highest BCUT2D eigenvalue weighted by atomic mass is 16.5. The summed E-state index contributed by atoms with van der Waals surface area (Å²) < 4.78 is 5.28. The molecule has 0 bridgehead atoms. The third kappa shape index (κ3) is 6.65. The van der Waals surface area contributed by atoms with Gasteiger partial charge in [0, 0.05) is 12.3 Å². The summed E-state index contributed by atoms with van der Waals surface area (Å²) in [7, 11) is 0. The zero-order valence-electron chi connectivity index (χ0n) is 15.8. The van der Waals surface area contributed by atoms with E-state index in [1.165, 1.54) is 0 Å². The number of hydrogen-bond donors (Lipinski definition) is 1. The summed E-state index contributed by atoms with van der Waals surface area (Å²) in [6.07, 6.45) is 2.40. The van der Waals surface area contributed by atoms with Gasteiger partial charge >= 0.3 is 5.97 Å². The smallest absolute Gasteiger partial charge is 0.338 e. The van der Waals surface area contributed by atoms with Crippen molar-refractivity contribution in [1.29, 1.82) is 0 Å². The van der Waals surface area contributed by atoms with Crippen molar-refractivity contribution in [2.24, 2.45) is 5.92 Å². The van der Waals surface area contributed by atoms with Crippen LogP contribution in [0, 0.1) is 5.92 Å². The number of esters is 1. The lowest BCUT2D eigenvalue weighted by molar-refractivity contribution is -0.127. The van der Waals surface area contributed by atoms with E-state index in [1.54, 1.807) is 24.3 Å². The lowest BCUT2D eigenvalue weighted by atomic mass is 9.86. The molecule has 2 aromatic carbocycles. The highest BCUT2D eigenvalue weighted by Gasteiger charge is 2.26. The maximum atomic E-state index is 12.5. The van der Waals surface area contributed by atoms with Gasteiger partial charge in [0.2, 0.25) is 0 Å². The standard InChI is InChI=1S/C23H28O4/c1-2-11-21(24)20(22(25)18-12-5-3-6-13-18)16-9-10-17-27-23(26)19-14-7-4-8-15-19/h3-8,12-15,20,22,25H,2,9-11,16-17H2,1H3. The second kappa shape index (κ2) is 11.3. The number of aliphatic hydroxyl groups excluding tert-OH is 1. The largest absolute Gasteiger partial charge is 0.462 e. The van der Waals surface area contributed by atoms with Crippen molar-refractivity contribution in [2.75, 3.05) is 6.61 Å². The second-order valence-electron chi connectivity index (χ2n) is 6.68. The van der Waals surface area contributed by atoms with E-state index in [4.69, 9.17) is 4.74 Å². The van der Waals surface area contributed by atoms with Crippen LogP contribution in [0.25, 0.3) is 0 Å². The van der Waals surface area contributed by atoms with Gasteiger partial charge in [0.1, 0.15) is 5.78 Å². The van der Waals surface area contributed by atoms with Gasteiger partial charge in [-0.2, -0.15) is 0 Å². The van der Waals surface area contributed by atoms with Gasteiger partial charge in [-0.1, -0.05) is 55.5 Å². The maximum absolute atomic E-state index is 12.5. The zero-order chi connectivity index (χ0) is 19.5. The topological polar surface area (TPSA) is 63.6 Å². The highest BCUT2D eigenvalue weighted by molar-refractivity contribution is 5.89. The lowest BCUT2D eigenvalue weighted by Gasteiger charge is -2.22. The predicted octanol–water partition coefficient (Wildman–Crippen LogP) is 4.73. The van der Waals surface area contributed by atoms with E-state index < -0.39 is 12.0 Å². The molecule has 0 fully saturated rings. The number of Topliss-reactive ketones (excluding diaryl/α,β-unsaturated/α-hetero) is 1. The maximum Gasteiger partial charge on any atom is 0.338 e. The molecule has 0 heterocycles. The SMILES string of the molecule is CCCC(=O)C(CCCCOC(=O)c1ccccc1)C(O)c1ccccc1. The first-order chi connectivity index (χ1) is 13.1. The third-order valence-electron chi connectivity index (χ3n) is 4.58. The van der Waals surface area contributed by atoms with Crippen LogP contribution in [0.4, 0.5) is 0 Å². The third-order valence-corrected chi connectivity index (χ3v) is 4.58. The van der Waals surface area contributed by atoms with Crippen molar-refractivity contribution in [2.45, 2.75) is 45.1 Å². The first kappa shape index (κ1) is 20.8. The highest BCUT2D eigenvalue weighted by Crippen LogP contribution is 2.28. The van der Waals surface area contributed by atoms with Gasteiger partial charge in [-0.25, -0.2) is 4.79 Å². The van der Waals surface area contributed by atoms with Crippen molar-refractivity contribution in [3.05, 3.63) is 71.8 Å². The van der Waals surface area contributed by atoms with Crippen LogP contribution in [-0.2, 0) is 9.53 Å². The molecule has 0 aromatic heterocycles. The van der Waals surface area contributed by atoms with Crippen LogP contribution in [0.2, 0.25) is 0 Å². The Kier molecular flexibility index (Phi) is 8.72. The second-order valence-corrected chi connectivity index (χ2v) is 6.68. The van der Waals surface area contributed by atoms with Crippen LogP contribution in [0.15, 0.2) is 60.7 Å². The molecule has 0 spiro atoms. The van der Waals surface area contributed by atoms with E-state index in [1.807, 2.05) is 43.3 Å². The van der Waals surface area contributed by atoms with Gasteiger partial charge in [0.15, 0.2) is 0 Å². The molecule has 0 aliphatic heterocycles. The molecule has 144 valence electrons. The number of carbonyl (C=O) groups is 2. The van der Waals surface area contributed by atoms with Crippen LogP contribution in [0.1, 0.15) is 61.1 Å². The Hall–Kier alpha value is -2.46. The Balaban J connectivity index is 1.83. The molecule has 4 heteroatoms. The first-order valence-electron chi connectivity index (χ1n) is 9.61. The van der Waals surface area contributed by atoms with Crippen LogP contribution >= 0.6 is 0 Å². The Bertz CT molecular complexity index is 697. The molecular formula is C23H28O4. The van der Waals surface area contributed by atoms with Crippen LogP contribution < -0.4 is 0 Å². The summed E-state index contributed by atoms with van der Waals surface area (Å²) in [6, 6.07) is 18.2. The molecule has 2 aromatic rings. The first-order valence-corrected chi connectivity index (χ1v) is 9.61. The number of carbonyl (C=O) groups excluding carboxylic acids is 2.